The maximum atomic E-state index is 12.3. The minimum absolute atomic E-state index is 0.0102. The minimum atomic E-state index is -0.117. The molecule has 1 aliphatic heterocycles. The largest absolute Gasteiger partial charge is 0.426 e. The van der Waals surface area contributed by atoms with Crippen molar-refractivity contribution in [1.82, 2.24) is 0 Å². The van der Waals surface area contributed by atoms with Gasteiger partial charge in [-0.15, -0.1) is 0 Å². The first kappa shape index (κ1) is 19.1. The Morgan fingerprint density at radius 2 is 1.78 bits per heavy atom. The molecule has 3 rings (SSSR count). The Labute approximate surface area is 161 Å². The highest BCUT2D eigenvalue weighted by Crippen LogP contribution is 2.28. The Morgan fingerprint density at radius 1 is 1.04 bits per heavy atom. The van der Waals surface area contributed by atoms with Gasteiger partial charge in [0.25, 0.3) is 0 Å². The van der Waals surface area contributed by atoms with Crippen molar-refractivity contribution in [2.24, 2.45) is 10.9 Å². The van der Waals surface area contributed by atoms with Crippen LogP contribution in [0, 0.1) is 5.92 Å². The summed E-state index contributed by atoms with van der Waals surface area (Å²) in [6.07, 6.45) is 6.63. The smallest absolute Gasteiger partial charge is 0.314 e. The number of nitrogens with zero attached hydrogens (tertiary/aromatic N) is 1. The first-order valence-electron chi connectivity index (χ1n) is 9.84. The third kappa shape index (κ3) is 4.94. The van der Waals surface area contributed by atoms with Crippen LogP contribution in [0.3, 0.4) is 0 Å². The number of carbonyl (C=O) groups excluding carboxylic acids is 1. The molecular formula is C24H27NO2. The van der Waals surface area contributed by atoms with Crippen LogP contribution in [-0.2, 0) is 4.79 Å². The minimum Gasteiger partial charge on any atom is -0.426 e. The van der Waals surface area contributed by atoms with E-state index >= 15 is 0 Å². The Balaban J connectivity index is 1.59. The Bertz CT molecular complexity index is 819. The van der Waals surface area contributed by atoms with Crippen LogP contribution in [-0.4, -0.2) is 11.7 Å². The predicted octanol–water partition coefficient (Wildman–Crippen LogP) is 6.04. The summed E-state index contributed by atoms with van der Waals surface area (Å²) in [5, 5.41) is 0. The van der Waals surface area contributed by atoms with Crippen molar-refractivity contribution in [2.75, 3.05) is 0 Å². The summed E-state index contributed by atoms with van der Waals surface area (Å²) >= 11 is 0. The summed E-state index contributed by atoms with van der Waals surface area (Å²) in [6.45, 7) is 4.18. The molecule has 0 spiro atoms. The zero-order valence-electron chi connectivity index (χ0n) is 16.2. The molecule has 0 amide bonds. The number of hydrogen-bond donors (Lipinski definition) is 0. The average Bonchev–Trinajstić information content (AvgIpc) is 3.20. The maximum absolute atomic E-state index is 12.3. The number of rotatable bonds is 8. The lowest BCUT2D eigenvalue weighted by atomic mass is 9.99. The standard InChI is InChI=1S/C24H27NO2/c1-3-5-9-18(4-2)24(26)27-22-14-12-19(13-15-22)21-16-23(25-17-21)20-10-7-6-8-11-20/h6-8,10-15,17-18H,3-5,9,16H2,1-2H3. The molecule has 1 unspecified atom stereocenters. The van der Waals surface area contributed by atoms with Gasteiger partial charge in [-0.05, 0) is 41.7 Å². The monoisotopic (exact) mass is 361 g/mol. The van der Waals surface area contributed by atoms with Gasteiger partial charge < -0.3 is 4.74 Å². The fourth-order valence-electron chi connectivity index (χ4n) is 3.29. The molecule has 2 aromatic carbocycles. The normalized spacial score (nSPS) is 14.4. The molecule has 1 aliphatic rings. The number of aliphatic imine (C=N–C) groups is 1. The van der Waals surface area contributed by atoms with E-state index in [0.717, 1.165) is 48.9 Å². The highest BCUT2D eigenvalue weighted by atomic mass is 16.5. The molecule has 3 heteroatoms. The van der Waals surface area contributed by atoms with Crippen LogP contribution in [0.4, 0.5) is 0 Å². The van der Waals surface area contributed by atoms with Crippen LogP contribution in [0.15, 0.2) is 65.8 Å². The lowest BCUT2D eigenvalue weighted by Gasteiger charge is -2.13. The van der Waals surface area contributed by atoms with E-state index in [4.69, 9.17) is 4.74 Å². The molecule has 3 nitrogen and oxygen atoms in total. The van der Waals surface area contributed by atoms with Crippen molar-refractivity contribution in [2.45, 2.75) is 46.0 Å². The number of esters is 1. The van der Waals surface area contributed by atoms with Crippen molar-refractivity contribution in [3.63, 3.8) is 0 Å². The summed E-state index contributed by atoms with van der Waals surface area (Å²) in [5.41, 5.74) is 4.54. The first-order chi connectivity index (χ1) is 13.2. The second-order valence-corrected chi connectivity index (χ2v) is 6.97. The van der Waals surface area contributed by atoms with Crippen LogP contribution in [0.2, 0.25) is 0 Å². The number of carbonyl (C=O) groups is 1. The maximum Gasteiger partial charge on any atom is 0.314 e. The van der Waals surface area contributed by atoms with Gasteiger partial charge in [-0.1, -0.05) is 69.2 Å². The Kier molecular flexibility index (Phi) is 6.59. The first-order valence-corrected chi connectivity index (χ1v) is 9.84. The molecule has 1 atom stereocenters. The molecule has 0 radical (unpaired) electrons. The van der Waals surface area contributed by atoms with E-state index in [1.807, 2.05) is 55.6 Å². The summed E-state index contributed by atoms with van der Waals surface area (Å²) in [4.78, 5) is 16.9. The number of hydrogen-bond acceptors (Lipinski definition) is 3. The average molecular weight is 361 g/mol. The second-order valence-electron chi connectivity index (χ2n) is 6.97. The summed E-state index contributed by atoms with van der Waals surface area (Å²) < 4.78 is 5.59. The van der Waals surface area contributed by atoms with E-state index < -0.39 is 0 Å². The molecule has 0 aromatic heterocycles. The highest BCUT2D eigenvalue weighted by molar-refractivity contribution is 6.09. The van der Waals surface area contributed by atoms with Crippen LogP contribution >= 0.6 is 0 Å². The molecule has 140 valence electrons. The quantitative estimate of drug-likeness (QED) is 0.424. The van der Waals surface area contributed by atoms with Crippen molar-refractivity contribution < 1.29 is 9.53 Å². The van der Waals surface area contributed by atoms with Gasteiger partial charge in [0.05, 0.1) is 11.6 Å². The lowest BCUT2D eigenvalue weighted by Crippen LogP contribution is -2.19. The van der Waals surface area contributed by atoms with Crippen LogP contribution in [0.1, 0.15) is 57.1 Å². The van der Waals surface area contributed by atoms with Gasteiger partial charge >= 0.3 is 5.97 Å². The van der Waals surface area contributed by atoms with Gasteiger partial charge in [-0.25, -0.2) is 0 Å². The van der Waals surface area contributed by atoms with Crippen molar-refractivity contribution >= 4 is 17.3 Å². The summed E-state index contributed by atoms with van der Waals surface area (Å²) in [6, 6.07) is 18.0. The zero-order valence-corrected chi connectivity index (χ0v) is 16.2. The van der Waals surface area contributed by atoms with Gasteiger partial charge in [0.15, 0.2) is 0 Å². The number of allylic oxidation sites excluding steroid dienone is 1. The van der Waals surface area contributed by atoms with Crippen LogP contribution in [0.5, 0.6) is 5.75 Å². The summed E-state index contributed by atoms with van der Waals surface area (Å²) in [7, 11) is 0. The molecule has 1 heterocycles. The third-order valence-corrected chi connectivity index (χ3v) is 5.02. The second kappa shape index (κ2) is 9.31. The van der Waals surface area contributed by atoms with Crippen molar-refractivity contribution in [1.29, 1.82) is 0 Å². The van der Waals surface area contributed by atoms with Crippen LogP contribution in [0.25, 0.3) is 5.57 Å². The molecule has 0 saturated carbocycles. The topological polar surface area (TPSA) is 38.7 Å². The van der Waals surface area contributed by atoms with Gasteiger partial charge in [-0.2, -0.15) is 0 Å². The van der Waals surface area contributed by atoms with Crippen molar-refractivity contribution in [3.8, 4) is 5.75 Å². The molecule has 0 fully saturated rings. The molecule has 27 heavy (non-hydrogen) atoms. The van der Waals surface area contributed by atoms with Gasteiger partial charge in [0.1, 0.15) is 5.75 Å². The van der Waals surface area contributed by atoms with Crippen LogP contribution < -0.4 is 4.74 Å². The third-order valence-electron chi connectivity index (χ3n) is 5.02. The fourth-order valence-corrected chi connectivity index (χ4v) is 3.29. The molecule has 0 bridgehead atoms. The number of ether oxygens (including phenoxy) is 1. The molecule has 0 aliphatic carbocycles. The SMILES string of the molecule is CCCCC(CC)C(=O)Oc1ccc(C2=CN=C(c3ccccc3)C2)cc1. The highest BCUT2D eigenvalue weighted by Gasteiger charge is 2.18. The van der Waals surface area contributed by atoms with Gasteiger partial charge in [0.2, 0.25) is 0 Å². The Morgan fingerprint density at radius 3 is 2.44 bits per heavy atom. The number of benzene rings is 2. The number of unbranched alkanes of at least 4 members (excludes halogenated alkanes) is 1. The van der Waals surface area contributed by atoms with E-state index in [0.29, 0.717) is 5.75 Å². The molecular weight excluding hydrogens is 334 g/mol. The lowest BCUT2D eigenvalue weighted by molar-refractivity contribution is -0.139. The summed E-state index contributed by atoms with van der Waals surface area (Å²) in [5.74, 6) is 0.485. The molecule has 0 N–H and O–H groups in total. The van der Waals surface area contributed by atoms with Gasteiger partial charge in [0, 0.05) is 12.6 Å². The fraction of sp³-hybridized carbons (Fsp3) is 0.333. The Hall–Kier alpha value is -2.68. The van der Waals surface area contributed by atoms with E-state index in [2.05, 4.69) is 24.0 Å². The van der Waals surface area contributed by atoms with E-state index in [-0.39, 0.29) is 11.9 Å². The molecule has 0 saturated heterocycles. The zero-order chi connectivity index (χ0) is 19.1. The van der Waals surface area contributed by atoms with E-state index in [1.165, 1.54) is 5.57 Å². The van der Waals surface area contributed by atoms with Gasteiger partial charge in [-0.3, -0.25) is 9.79 Å². The predicted molar refractivity (Wildman–Crippen MR) is 111 cm³/mol. The molecule has 2 aromatic rings. The van der Waals surface area contributed by atoms with E-state index in [9.17, 15) is 4.79 Å². The van der Waals surface area contributed by atoms with Crippen molar-refractivity contribution in [3.05, 3.63) is 71.9 Å². The van der Waals surface area contributed by atoms with E-state index in [1.54, 1.807) is 0 Å².